The van der Waals surface area contributed by atoms with Crippen molar-refractivity contribution in [3.63, 3.8) is 0 Å². The number of benzene rings is 1. The fourth-order valence-electron chi connectivity index (χ4n) is 2.32. The maximum Gasteiger partial charge on any atom is 0.279 e. The van der Waals surface area contributed by atoms with Crippen LogP contribution in [0.1, 0.15) is 21.5 Å². The molecule has 3 aromatic rings. The second-order valence-corrected chi connectivity index (χ2v) is 5.54. The second kappa shape index (κ2) is 6.91. The Hall–Kier alpha value is -3.21. The summed E-state index contributed by atoms with van der Waals surface area (Å²) in [5, 5.41) is 11.1. The molecule has 120 valence electrons. The van der Waals surface area contributed by atoms with Crippen molar-refractivity contribution in [3.8, 4) is 0 Å². The molecule has 0 saturated carbocycles. The molecule has 0 atom stereocenters. The minimum absolute atomic E-state index is 0.376. The lowest BCUT2D eigenvalue weighted by atomic mass is 10.1. The predicted octanol–water partition coefficient (Wildman–Crippen LogP) is 2.22. The van der Waals surface area contributed by atoms with Crippen LogP contribution in [0.5, 0.6) is 0 Å². The highest BCUT2D eigenvalue weighted by Gasteiger charge is 2.05. The van der Waals surface area contributed by atoms with Crippen molar-refractivity contribution in [2.75, 3.05) is 0 Å². The summed E-state index contributed by atoms with van der Waals surface area (Å²) < 4.78 is 2.55. The van der Waals surface area contributed by atoms with Gasteiger partial charge in [-0.25, -0.2) is 0 Å². The summed E-state index contributed by atoms with van der Waals surface area (Å²) in [5.74, 6) is -0.376. The summed E-state index contributed by atoms with van der Waals surface area (Å²) in [6, 6.07) is 16.7. The second-order valence-electron chi connectivity index (χ2n) is 5.54. The summed E-state index contributed by atoms with van der Waals surface area (Å²) in [6.45, 7) is 2.67. The highest BCUT2D eigenvalue weighted by atomic mass is 16.5. The number of rotatable bonds is 3. The zero-order chi connectivity index (χ0) is 16.9. The van der Waals surface area contributed by atoms with Crippen LogP contribution in [0, 0.1) is 12.1 Å². The fourth-order valence-corrected chi connectivity index (χ4v) is 2.32. The average molecular weight is 319 g/mol. The van der Waals surface area contributed by atoms with E-state index in [4.69, 9.17) is 0 Å². The molecule has 0 aliphatic heterocycles. The molecule has 2 heterocycles. The predicted molar refractivity (Wildman–Crippen MR) is 90.0 cm³/mol. The van der Waals surface area contributed by atoms with E-state index in [1.807, 2.05) is 29.8 Å². The highest BCUT2D eigenvalue weighted by Crippen LogP contribution is 2.04. The zero-order valence-electron chi connectivity index (χ0n) is 13.3. The van der Waals surface area contributed by atoms with Crippen LogP contribution in [0.2, 0.25) is 0 Å². The van der Waals surface area contributed by atoms with Gasteiger partial charge in [0.05, 0.1) is 5.56 Å². The molecule has 1 amide bonds. The molecule has 0 aliphatic rings. The largest absolute Gasteiger partial charge is 0.619 e. The van der Waals surface area contributed by atoms with Crippen LogP contribution in [0.15, 0.2) is 78.2 Å². The van der Waals surface area contributed by atoms with Crippen LogP contribution in [-0.2, 0) is 6.54 Å². The molecule has 0 spiro atoms. The minimum atomic E-state index is -0.376. The Bertz CT molecular complexity index is 910. The summed E-state index contributed by atoms with van der Waals surface area (Å²) in [4.78, 5) is 16.5. The van der Waals surface area contributed by atoms with Gasteiger partial charge >= 0.3 is 0 Å². The Morgan fingerprint density at radius 1 is 1.08 bits per heavy atom. The number of hydrogen-bond acceptors (Lipinski definition) is 2. The smallest absolute Gasteiger partial charge is 0.279 e. The third kappa shape index (κ3) is 3.76. The number of hydrogen-bond donors (Lipinski definition) is 0. The molecular weight excluding hydrogens is 302 g/mol. The van der Waals surface area contributed by atoms with Gasteiger partial charge in [0, 0.05) is 24.9 Å². The fraction of sp³-hybridized carbons (Fsp3) is 0.105. The first-order valence-electron chi connectivity index (χ1n) is 7.61. The quantitative estimate of drug-likeness (QED) is 0.549. The Balaban J connectivity index is 1.92. The van der Waals surface area contributed by atoms with Crippen LogP contribution in [0.4, 0.5) is 0 Å². The first kappa shape index (κ1) is 15.7. The van der Waals surface area contributed by atoms with Crippen molar-refractivity contribution >= 4 is 5.91 Å². The van der Waals surface area contributed by atoms with Gasteiger partial charge < -0.3 is 9.77 Å². The molecular formula is C19H17N3O2. The van der Waals surface area contributed by atoms with Gasteiger partial charge in [0.25, 0.3) is 5.91 Å². The van der Waals surface area contributed by atoms with E-state index >= 15 is 0 Å². The van der Waals surface area contributed by atoms with Gasteiger partial charge in [-0.3, -0.25) is 4.79 Å². The number of aryl methyl sites for hydroxylation is 1. The van der Waals surface area contributed by atoms with Gasteiger partial charge in [0.2, 0.25) is 0 Å². The number of nitrogens with zero attached hydrogens (tertiary/aromatic N) is 3. The SMILES string of the molecule is Cc1ccc(Cn2ccccc2=NC(=O)c2cc[n+]([O-])cc2)cc1. The Morgan fingerprint density at radius 2 is 1.79 bits per heavy atom. The molecule has 3 rings (SSSR count). The maximum atomic E-state index is 12.3. The van der Waals surface area contributed by atoms with E-state index in [1.54, 1.807) is 6.07 Å². The van der Waals surface area contributed by atoms with E-state index in [0.29, 0.717) is 22.3 Å². The van der Waals surface area contributed by atoms with Crippen molar-refractivity contribution in [1.82, 2.24) is 4.57 Å². The summed E-state index contributed by atoms with van der Waals surface area (Å²) in [7, 11) is 0. The van der Waals surface area contributed by atoms with Crippen LogP contribution in [0.25, 0.3) is 0 Å². The summed E-state index contributed by atoms with van der Waals surface area (Å²) in [5.41, 5.74) is 3.29. The van der Waals surface area contributed by atoms with Gasteiger partial charge in [-0.05, 0) is 24.6 Å². The minimum Gasteiger partial charge on any atom is -0.619 e. The molecule has 2 aromatic heterocycles. The van der Waals surface area contributed by atoms with Crippen LogP contribution < -0.4 is 10.2 Å². The van der Waals surface area contributed by atoms with Crippen molar-refractivity contribution in [2.45, 2.75) is 13.5 Å². The van der Waals surface area contributed by atoms with Crippen molar-refractivity contribution in [1.29, 1.82) is 0 Å². The van der Waals surface area contributed by atoms with E-state index < -0.39 is 0 Å². The molecule has 0 radical (unpaired) electrons. The van der Waals surface area contributed by atoms with E-state index in [1.165, 1.54) is 30.1 Å². The Labute approximate surface area is 139 Å². The number of aromatic nitrogens is 2. The molecule has 5 nitrogen and oxygen atoms in total. The normalized spacial score (nSPS) is 11.5. The van der Waals surface area contributed by atoms with Crippen LogP contribution in [0.3, 0.4) is 0 Å². The zero-order valence-corrected chi connectivity index (χ0v) is 13.3. The molecule has 0 N–H and O–H groups in total. The molecule has 0 aliphatic carbocycles. The summed E-state index contributed by atoms with van der Waals surface area (Å²) in [6.07, 6.45) is 4.46. The van der Waals surface area contributed by atoms with Gasteiger partial charge in [-0.2, -0.15) is 9.72 Å². The molecule has 0 fully saturated rings. The van der Waals surface area contributed by atoms with Gasteiger partial charge in [0.15, 0.2) is 12.4 Å². The first-order valence-corrected chi connectivity index (χ1v) is 7.61. The lowest BCUT2D eigenvalue weighted by Crippen LogP contribution is -2.25. The van der Waals surface area contributed by atoms with Gasteiger partial charge in [-0.1, -0.05) is 35.9 Å². The Kier molecular flexibility index (Phi) is 4.52. The monoisotopic (exact) mass is 319 g/mol. The lowest BCUT2D eigenvalue weighted by molar-refractivity contribution is -0.605. The molecule has 1 aromatic carbocycles. The molecule has 0 unspecified atom stereocenters. The average Bonchev–Trinajstić information content (AvgIpc) is 2.59. The third-order valence-corrected chi connectivity index (χ3v) is 3.66. The number of pyridine rings is 2. The van der Waals surface area contributed by atoms with Crippen LogP contribution in [-0.4, -0.2) is 10.5 Å². The highest BCUT2D eigenvalue weighted by molar-refractivity contribution is 5.94. The van der Waals surface area contributed by atoms with Crippen LogP contribution >= 0.6 is 0 Å². The number of carbonyl (C=O) groups is 1. The van der Waals surface area contributed by atoms with Gasteiger partial charge in [-0.15, -0.1) is 0 Å². The lowest BCUT2D eigenvalue weighted by Gasteiger charge is -2.07. The summed E-state index contributed by atoms with van der Waals surface area (Å²) >= 11 is 0. The van der Waals surface area contributed by atoms with E-state index in [2.05, 4.69) is 29.3 Å². The van der Waals surface area contributed by atoms with E-state index in [9.17, 15) is 10.0 Å². The topological polar surface area (TPSA) is 61.3 Å². The van der Waals surface area contributed by atoms with E-state index in [-0.39, 0.29) is 5.91 Å². The van der Waals surface area contributed by atoms with Crippen molar-refractivity contribution < 1.29 is 9.52 Å². The van der Waals surface area contributed by atoms with E-state index in [0.717, 1.165) is 5.56 Å². The molecule has 0 bridgehead atoms. The molecule has 5 heteroatoms. The third-order valence-electron chi connectivity index (χ3n) is 3.66. The van der Waals surface area contributed by atoms with Crippen molar-refractivity contribution in [3.05, 3.63) is 101 Å². The molecule has 24 heavy (non-hydrogen) atoms. The van der Waals surface area contributed by atoms with Gasteiger partial charge in [0.1, 0.15) is 5.49 Å². The number of carbonyl (C=O) groups excluding carboxylic acids is 1. The standard InChI is InChI=1S/C19H17N3O2/c1-15-5-7-16(8-6-15)14-21-11-3-2-4-18(21)20-19(23)17-9-12-22(24)13-10-17/h2-13H,14H2,1H3. The maximum absolute atomic E-state index is 12.3. The first-order chi connectivity index (χ1) is 11.6. The molecule has 0 saturated heterocycles. The Morgan fingerprint density at radius 3 is 2.50 bits per heavy atom. The number of amides is 1. The van der Waals surface area contributed by atoms with Crippen molar-refractivity contribution in [2.24, 2.45) is 4.99 Å².